The molecule has 164 valence electrons. The first kappa shape index (κ1) is 21.6. The minimum atomic E-state index is -1.04. The van der Waals surface area contributed by atoms with Gasteiger partial charge in [-0.15, -0.1) is 11.3 Å². The van der Waals surface area contributed by atoms with Crippen molar-refractivity contribution in [2.24, 2.45) is 0 Å². The topological polar surface area (TPSA) is 93.6 Å². The summed E-state index contributed by atoms with van der Waals surface area (Å²) in [7, 11) is 0. The number of carboxylic acids is 1. The van der Waals surface area contributed by atoms with Crippen LogP contribution in [0.15, 0.2) is 60.2 Å². The molecule has 0 radical (unpaired) electrons. The first-order chi connectivity index (χ1) is 15.6. The molecule has 0 unspecified atom stereocenters. The second kappa shape index (κ2) is 10.1. The van der Waals surface area contributed by atoms with Crippen LogP contribution >= 0.6 is 11.3 Å². The molecule has 0 amide bonds. The molecule has 2 aromatic heterocycles. The average Bonchev–Trinajstić information content (AvgIpc) is 3.22. The lowest BCUT2D eigenvalue weighted by molar-refractivity contribution is -0.139. The number of rotatable bonds is 10. The van der Waals surface area contributed by atoms with E-state index in [9.17, 15) is 4.79 Å². The molecular weight excluding hydrogens is 426 g/mol. The number of thiophene rings is 1. The van der Waals surface area contributed by atoms with Gasteiger partial charge in [-0.3, -0.25) is 0 Å². The van der Waals surface area contributed by atoms with Crippen molar-refractivity contribution in [1.29, 1.82) is 0 Å². The number of hydrogen-bond donors (Lipinski definition) is 2. The summed E-state index contributed by atoms with van der Waals surface area (Å²) in [4.78, 5) is 19.5. The number of aliphatic carboxylic acids is 1. The molecule has 4 rings (SSSR count). The van der Waals surface area contributed by atoms with Gasteiger partial charge in [-0.2, -0.15) is 0 Å². The van der Waals surface area contributed by atoms with Crippen LogP contribution in [0.4, 0.5) is 5.82 Å². The van der Waals surface area contributed by atoms with Crippen molar-refractivity contribution in [3.63, 3.8) is 0 Å². The predicted molar refractivity (Wildman–Crippen MR) is 126 cm³/mol. The van der Waals surface area contributed by atoms with E-state index in [0.29, 0.717) is 18.1 Å². The van der Waals surface area contributed by atoms with E-state index in [0.717, 1.165) is 30.0 Å². The fourth-order valence-corrected chi connectivity index (χ4v) is 4.36. The summed E-state index contributed by atoms with van der Waals surface area (Å²) in [5.41, 5.74) is 2.88. The van der Waals surface area contributed by atoms with E-state index in [4.69, 9.17) is 14.6 Å². The van der Waals surface area contributed by atoms with Crippen LogP contribution in [-0.4, -0.2) is 40.8 Å². The molecule has 0 aliphatic heterocycles. The van der Waals surface area contributed by atoms with E-state index in [1.807, 2.05) is 19.1 Å². The van der Waals surface area contributed by atoms with E-state index in [-0.39, 0.29) is 0 Å². The first-order valence-corrected chi connectivity index (χ1v) is 11.1. The fourth-order valence-electron chi connectivity index (χ4n) is 3.36. The molecule has 0 fully saturated rings. The summed E-state index contributed by atoms with van der Waals surface area (Å²) in [6.45, 7) is 2.61. The number of ether oxygens (including phenoxy) is 2. The van der Waals surface area contributed by atoms with Gasteiger partial charge >= 0.3 is 5.97 Å². The number of fused-ring (bicyclic) bond motifs is 1. The Labute approximate surface area is 189 Å². The Hall–Kier alpha value is -3.65. The van der Waals surface area contributed by atoms with Crippen LogP contribution in [0.2, 0.25) is 0 Å². The van der Waals surface area contributed by atoms with Crippen molar-refractivity contribution in [2.75, 3.05) is 25.1 Å². The van der Waals surface area contributed by atoms with Crippen LogP contribution in [0.25, 0.3) is 21.3 Å². The number of aromatic nitrogens is 2. The maximum Gasteiger partial charge on any atom is 0.341 e. The van der Waals surface area contributed by atoms with Gasteiger partial charge in [0.2, 0.25) is 0 Å². The van der Waals surface area contributed by atoms with Crippen molar-refractivity contribution in [3.05, 3.63) is 65.8 Å². The Bertz CT molecular complexity index is 1220. The highest BCUT2D eigenvalue weighted by atomic mass is 32.1. The molecule has 0 aliphatic rings. The summed E-state index contributed by atoms with van der Waals surface area (Å²) >= 11 is 1.76. The van der Waals surface area contributed by atoms with Gasteiger partial charge in [0.15, 0.2) is 18.1 Å². The lowest BCUT2D eigenvalue weighted by Gasteiger charge is -2.12. The maximum atomic E-state index is 10.8. The zero-order valence-electron chi connectivity index (χ0n) is 17.6. The normalized spacial score (nSPS) is 10.8. The third-order valence-corrected chi connectivity index (χ3v) is 5.83. The monoisotopic (exact) mass is 449 g/mol. The Kier molecular flexibility index (Phi) is 6.81. The van der Waals surface area contributed by atoms with Crippen LogP contribution in [0.5, 0.6) is 11.5 Å². The molecular formula is C24H23N3O4S. The minimum Gasteiger partial charge on any atom is -0.490 e. The van der Waals surface area contributed by atoms with Gasteiger partial charge in [-0.1, -0.05) is 18.2 Å². The molecule has 0 saturated heterocycles. The van der Waals surface area contributed by atoms with E-state index in [1.54, 1.807) is 23.5 Å². The van der Waals surface area contributed by atoms with E-state index < -0.39 is 12.6 Å². The predicted octanol–water partition coefficient (Wildman–Crippen LogP) is 4.88. The average molecular weight is 450 g/mol. The second-order valence-corrected chi connectivity index (χ2v) is 7.91. The Balaban J connectivity index is 1.46. The van der Waals surface area contributed by atoms with Crippen LogP contribution in [0.1, 0.15) is 12.5 Å². The fraction of sp³-hybridized carbons (Fsp3) is 0.208. The van der Waals surface area contributed by atoms with Gasteiger partial charge in [0, 0.05) is 22.9 Å². The largest absolute Gasteiger partial charge is 0.490 e. The Morgan fingerprint density at radius 2 is 1.97 bits per heavy atom. The van der Waals surface area contributed by atoms with Gasteiger partial charge in [0.05, 0.1) is 12.3 Å². The van der Waals surface area contributed by atoms with Crippen LogP contribution in [-0.2, 0) is 11.2 Å². The molecule has 2 heterocycles. The zero-order chi connectivity index (χ0) is 22.3. The van der Waals surface area contributed by atoms with E-state index >= 15 is 0 Å². The molecule has 0 aliphatic carbocycles. The smallest absolute Gasteiger partial charge is 0.341 e. The zero-order valence-corrected chi connectivity index (χ0v) is 18.4. The molecule has 0 atom stereocenters. The summed E-state index contributed by atoms with van der Waals surface area (Å²) < 4.78 is 12.2. The van der Waals surface area contributed by atoms with E-state index in [2.05, 4.69) is 44.9 Å². The van der Waals surface area contributed by atoms with Crippen LogP contribution in [0, 0.1) is 0 Å². The van der Waals surface area contributed by atoms with Gasteiger partial charge in [-0.05, 0) is 53.9 Å². The number of nitrogens with one attached hydrogen (secondary N) is 1. The lowest BCUT2D eigenvalue weighted by Crippen LogP contribution is -2.10. The summed E-state index contributed by atoms with van der Waals surface area (Å²) in [5.74, 6) is 0.550. The van der Waals surface area contributed by atoms with Crippen LogP contribution < -0.4 is 14.8 Å². The van der Waals surface area contributed by atoms with Crippen molar-refractivity contribution < 1.29 is 19.4 Å². The number of carboxylic acid groups (broad SMARTS) is 1. The standard InChI is InChI=1S/C24H23N3O4S/c1-2-30-21-11-16(7-8-20(21)31-13-24(28)29)19-12-23(27-15-26-19)25-10-9-17-14-32-22-6-4-3-5-18(17)22/h3-8,11-12,14-15H,2,9-10,13H2,1H3,(H,28,29)(H,25,26,27). The summed E-state index contributed by atoms with van der Waals surface area (Å²) in [6, 6.07) is 15.6. The second-order valence-electron chi connectivity index (χ2n) is 7.00. The number of nitrogens with zero attached hydrogens (tertiary/aromatic N) is 2. The van der Waals surface area contributed by atoms with Crippen molar-refractivity contribution in [2.45, 2.75) is 13.3 Å². The molecule has 4 aromatic rings. The van der Waals surface area contributed by atoms with Crippen molar-refractivity contribution in [3.8, 4) is 22.8 Å². The van der Waals surface area contributed by atoms with Gasteiger partial charge in [0.25, 0.3) is 0 Å². The molecule has 0 saturated carbocycles. The number of hydrogen-bond acceptors (Lipinski definition) is 7. The molecule has 2 N–H and O–H groups in total. The molecule has 0 bridgehead atoms. The van der Waals surface area contributed by atoms with Crippen molar-refractivity contribution in [1.82, 2.24) is 9.97 Å². The minimum absolute atomic E-state index is 0.383. The highest BCUT2D eigenvalue weighted by molar-refractivity contribution is 7.17. The maximum absolute atomic E-state index is 10.8. The number of benzene rings is 2. The third-order valence-electron chi connectivity index (χ3n) is 4.82. The highest BCUT2D eigenvalue weighted by Gasteiger charge is 2.11. The molecule has 32 heavy (non-hydrogen) atoms. The number of anilines is 1. The van der Waals surface area contributed by atoms with Gasteiger partial charge in [0.1, 0.15) is 12.1 Å². The molecule has 8 heteroatoms. The van der Waals surface area contributed by atoms with E-state index in [1.165, 1.54) is 22.0 Å². The molecule has 2 aromatic carbocycles. The summed E-state index contributed by atoms with van der Waals surface area (Å²) in [6.07, 6.45) is 2.42. The van der Waals surface area contributed by atoms with Crippen LogP contribution in [0.3, 0.4) is 0 Å². The van der Waals surface area contributed by atoms with Gasteiger partial charge in [-0.25, -0.2) is 14.8 Å². The molecule has 0 spiro atoms. The van der Waals surface area contributed by atoms with Gasteiger partial charge < -0.3 is 19.9 Å². The summed E-state index contributed by atoms with van der Waals surface area (Å²) in [5, 5.41) is 15.7. The Morgan fingerprint density at radius 3 is 2.81 bits per heavy atom. The highest BCUT2D eigenvalue weighted by Crippen LogP contribution is 2.32. The first-order valence-electron chi connectivity index (χ1n) is 10.3. The van der Waals surface area contributed by atoms with Crippen molar-refractivity contribution >= 4 is 33.2 Å². The SMILES string of the molecule is CCOc1cc(-c2cc(NCCc3csc4ccccc34)ncn2)ccc1OCC(=O)O. The number of carbonyl (C=O) groups is 1. The lowest BCUT2D eigenvalue weighted by atomic mass is 10.1. The Morgan fingerprint density at radius 1 is 1.09 bits per heavy atom. The quantitative estimate of drug-likeness (QED) is 0.357. The third kappa shape index (κ3) is 5.15. The molecule has 7 nitrogen and oxygen atoms in total.